The van der Waals surface area contributed by atoms with E-state index in [0.717, 1.165) is 62.9 Å². The molecule has 1 aromatic carbocycles. The van der Waals surface area contributed by atoms with Crippen molar-refractivity contribution in [2.24, 2.45) is 0 Å². The highest BCUT2D eigenvalue weighted by Crippen LogP contribution is 2.40. The minimum absolute atomic E-state index is 0.0993. The molecule has 174 valence electrons. The number of likely N-dealkylation sites (N-methyl/N-ethyl adjacent to an activating group) is 1. The predicted octanol–water partition coefficient (Wildman–Crippen LogP) is 6.76. The van der Waals surface area contributed by atoms with Gasteiger partial charge >= 0.3 is 0 Å². The van der Waals surface area contributed by atoms with Crippen LogP contribution in [-0.2, 0) is 0 Å². The number of nitrogens with one attached hydrogen (secondary N) is 1. The molecule has 0 aliphatic carbocycles. The first kappa shape index (κ1) is 24.3. The predicted molar refractivity (Wildman–Crippen MR) is 144 cm³/mol. The second kappa shape index (κ2) is 11.1. The van der Waals surface area contributed by atoms with Crippen molar-refractivity contribution in [3.8, 4) is 21.0 Å². The van der Waals surface area contributed by atoms with Crippen LogP contribution in [0, 0.1) is 6.92 Å². The van der Waals surface area contributed by atoms with Crippen molar-refractivity contribution >= 4 is 57.8 Å². The number of hydrogen-bond donors (Lipinski definition) is 2. The molecule has 3 aromatic heterocycles. The fourth-order valence-corrected chi connectivity index (χ4v) is 5.75. The van der Waals surface area contributed by atoms with Gasteiger partial charge in [-0.15, -0.1) is 15.2 Å². The number of halogens is 1. The summed E-state index contributed by atoms with van der Waals surface area (Å²) in [5, 5.41) is 8.93. The molecule has 4 aromatic rings. The maximum Gasteiger partial charge on any atom is 0.178 e. The molecule has 0 aliphatic heterocycles. The van der Waals surface area contributed by atoms with Gasteiger partial charge in [-0.05, 0) is 19.9 Å². The Hall–Kier alpha value is -1.79. The first-order chi connectivity index (χ1) is 16.1. The van der Waals surface area contributed by atoms with Crippen LogP contribution in [0.5, 0.6) is 0 Å². The third-order valence-electron chi connectivity index (χ3n) is 5.41. The second-order valence-corrected chi connectivity index (χ2v) is 10.2. The zero-order valence-corrected chi connectivity index (χ0v) is 21.9. The van der Waals surface area contributed by atoms with E-state index in [1.54, 1.807) is 22.0 Å². The summed E-state index contributed by atoms with van der Waals surface area (Å²) in [7, 11) is 0.995. The number of aryl methyl sites for hydroxylation is 1. The highest BCUT2D eigenvalue weighted by Gasteiger charge is 2.23. The Bertz CT molecular complexity index is 1210. The Labute approximate surface area is 210 Å². The number of anilines is 1. The molecule has 3 heterocycles. The van der Waals surface area contributed by atoms with E-state index in [1.165, 1.54) is 3.71 Å². The first-order valence-corrected chi connectivity index (χ1v) is 14.0. The number of thiol groups is 1. The molecule has 4 rings (SSSR count). The van der Waals surface area contributed by atoms with E-state index in [-0.39, 0.29) is 18.3 Å². The van der Waals surface area contributed by atoms with E-state index in [0.29, 0.717) is 11.5 Å². The van der Waals surface area contributed by atoms with Gasteiger partial charge in [0.1, 0.15) is 5.01 Å². The molecule has 11 heteroatoms. The lowest BCUT2D eigenvalue weighted by Crippen LogP contribution is -2.22. The van der Waals surface area contributed by atoms with Gasteiger partial charge < -0.3 is 5.32 Å². The molecule has 0 bridgehead atoms. The van der Waals surface area contributed by atoms with Crippen LogP contribution in [0.3, 0.4) is 0 Å². The fraction of sp³-hybridized carbons (Fsp3) is 0.318. The van der Waals surface area contributed by atoms with Crippen molar-refractivity contribution < 1.29 is 3.89 Å². The smallest absolute Gasteiger partial charge is 0.178 e. The van der Waals surface area contributed by atoms with Gasteiger partial charge in [0, 0.05) is 35.1 Å². The standard InChI is InChI=1S/C22H25FN6S4/c1-4-15(12-24-5-2)18-11-19(29(32-23)33-30)28-21(27-18)17(13-25-28)20-14(3)26-22(31-20)16-9-7-6-8-10-16/h6-11,13,15,24,30H,4-5,12H2,1-3H3. The van der Waals surface area contributed by atoms with Crippen LogP contribution in [0.1, 0.15) is 37.6 Å². The van der Waals surface area contributed by atoms with E-state index in [2.05, 4.69) is 48.1 Å². The number of rotatable bonds is 10. The lowest BCUT2D eigenvalue weighted by molar-refractivity contribution is 0.572. The van der Waals surface area contributed by atoms with Crippen molar-refractivity contribution in [1.29, 1.82) is 0 Å². The van der Waals surface area contributed by atoms with Crippen LogP contribution in [0.15, 0.2) is 42.6 Å². The summed E-state index contributed by atoms with van der Waals surface area (Å²) >= 11 is 5.95. The van der Waals surface area contributed by atoms with Crippen LogP contribution < -0.4 is 9.03 Å². The van der Waals surface area contributed by atoms with Crippen LogP contribution in [0.25, 0.3) is 26.7 Å². The summed E-state index contributed by atoms with van der Waals surface area (Å²) < 4.78 is 16.8. The molecule has 0 radical (unpaired) electrons. The van der Waals surface area contributed by atoms with E-state index in [1.807, 2.05) is 31.2 Å². The van der Waals surface area contributed by atoms with Gasteiger partial charge in [0.25, 0.3) is 0 Å². The molecule has 0 spiro atoms. The Morgan fingerprint density at radius 1 is 1.24 bits per heavy atom. The molecule has 0 fully saturated rings. The highest BCUT2D eigenvalue weighted by molar-refractivity contribution is 8.71. The number of aromatic nitrogens is 4. The lowest BCUT2D eigenvalue weighted by atomic mass is 10.0. The van der Waals surface area contributed by atoms with Gasteiger partial charge in [-0.1, -0.05) is 55.8 Å². The lowest BCUT2D eigenvalue weighted by Gasteiger charge is -2.20. The minimum Gasteiger partial charge on any atom is -0.316 e. The number of benzene rings is 1. The van der Waals surface area contributed by atoms with Crippen molar-refractivity contribution in [2.75, 3.05) is 16.8 Å². The third-order valence-corrected chi connectivity index (χ3v) is 8.51. The summed E-state index contributed by atoms with van der Waals surface area (Å²) in [6, 6.07) is 12.0. The van der Waals surface area contributed by atoms with Gasteiger partial charge in [-0.3, -0.25) is 0 Å². The number of thiazole rings is 1. The van der Waals surface area contributed by atoms with E-state index >= 15 is 0 Å². The Morgan fingerprint density at radius 3 is 2.70 bits per heavy atom. The van der Waals surface area contributed by atoms with Gasteiger partial charge in [0.2, 0.25) is 0 Å². The van der Waals surface area contributed by atoms with Gasteiger partial charge in [0.05, 0.1) is 28.0 Å². The number of fused-ring (bicyclic) bond motifs is 1. The van der Waals surface area contributed by atoms with Gasteiger partial charge in [-0.25, -0.2) is 13.7 Å². The number of nitrogens with zero attached hydrogens (tertiary/aromatic N) is 5. The summed E-state index contributed by atoms with van der Waals surface area (Å²) in [6.45, 7) is 7.90. The normalized spacial score (nSPS) is 12.4. The van der Waals surface area contributed by atoms with Crippen LogP contribution >= 0.6 is 46.3 Å². The van der Waals surface area contributed by atoms with E-state index in [4.69, 9.17) is 9.97 Å². The Morgan fingerprint density at radius 2 is 2.03 bits per heavy atom. The second-order valence-electron chi connectivity index (χ2n) is 7.45. The summed E-state index contributed by atoms with van der Waals surface area (Å²) in [5.74, 6) is 0.768. The SMILES string of the molecule is CCNCC(CC)c1cc(N(SF)SS)n2ncc(-c3sc(-c4ccccc4)nc3C)c2n1. The molecule has 0 saturated heterocycles. The Balaban J connectivity index is 1.88. The van der Waals surface area contributed by atoms with E-state index in [9.17, 15) is 3.89 Å². The van der Waals surface area contributed by atoms with E-state index < -0.39 is 0 Å². The third kappa shape index (κ3) is 5.02. The minimum atomic E-state index is 0.0993. The van der Waals surface area contributed by atoms with Crippen molar-refractivity contribution in [1.82, 2.24) is 24.9 Å². The maximum atomic E-state index is 13.8. The van der Waals surface area contributed by atoms with Crippen molar-refractivity contribution in [3.05, 3.63) is 54.0 Å². The molecule has 33 heavy (non-hydrogen) atoms. The maximum absolute atomic E-state index is 13.8. The molecule has 6 nitrogen and oxygen atoms in total. The van der Waals surface area contributed by atoms with Crippen LogP contribution in [0.2, 0.25) is 0 Å². The van der Waals surface area contributed by atoms with Gasteiger partial charge in [0.15, 0.2) is 23.8 Å². The fourth-order valence-electron chi connectivity index (χ4n) is 3.68. The molecule has 0 saturated carbocycles. The average molecular weight is 521 g/mol. The molecule has 0 amide bonds. The molecule has 1 unspecified atom stereocenters. The van der Waals surface area contributed by atoms with Gasteiger partial charge in [-0.2, -0.15) is 9.61 Å². The first-order valence-electron chi connectivity index (χ1n) is 10.6. The largest absolute Gasteiger partial charge is 0.316 e. The van der Waals surface area contributed by atoms with Crippen molar-refractivity contribution in [3.63, 3.8) is 0 Å². The topological polar surface area (TPSA) is 58.4 Å². The molecule has 0 aliphatic rings. The molecular formula is C22H25FN6S4. The summed E-state index contributed by atoms with van der Waals surface area (Å²) in [4.78, 5) is 10.8. The zero-order valence-electron chi connectivity index (χ0n) is 18.5. The van der Waals surface area contributed by atoms with Crippen LogP contribution in [-0.4, -0.2) is 32.7 Å². The number of hydrogen-bond acceptors (Lipinski definition) is 9. The molecule has 1 N–H and O–H groups in total. The van der Waals surface area contributed by atoms with Crippen molar-refractivity contribution in [2.45, 2.75) is 33.1 Å². The Kier molecular flexibility index (Phi) is 8.18. The zero-order chi connectivity index (χ0) is 23.4. The average Bonchev–Trinajstić information content (AvgIpc) is 3.44. The highest BCUT2D eigenvalue weighted by atomic mass is 33.1. The molecule has 1 atom stereocenters. The quantitative estimate of drug-likeness (QED) is 0.136. The monoisotopic (exact) mass is 520 g/mol. The summed E-state index contributed by atoms with van der Waals surface area (Å²) in [6.07, 6.45) is 2.70. The molecular weight excluding hydrogens is 496 g/mol. The summed E-state index contributed by atoms with van der Waals surface area (Å²) in [5.41, 5.74) is 4.47. The van der Waals surface area contributed by atoms with Crippen LogP contribution in [0.4, 0.5) is 9.70 Å².